The molecule has 76 valence electrons. The van der Waals surface area contributed by atoms with Crippen molar-refractivity contribution in [2.45, 2.75) is 33.1 Å². The van der Waals surface area contributed by atoms with Crippen molar-refractivity contribution in [1.29, 1.82) is 0 Å². The quantitative estimate of drug-likeness (QED) is 0.739. The molecule has 0 fully saturated rings. The Kier molecular flexibility index (Phi) is 4.33. The van der Waals surface area contributed by atoms with Crippen LogP contribution < -0.4 is 0 Å². The van der Waals surface area contributed by atoms with E-state index in [4.69, 9.17) is 0 Å². The Balaban J connectivity index is 2.84. The molecule has 0 spiro atoms. The first-order valence-corrected chi connectivity index (χ1v) is 5.74. The second-order valence-electron chi connectivity index (χ2n) is 3.44. The van der Waals surface area contributed by atoms with Gasteiger partial charge in [0.2, 0.25) is 0 Å². The van der Waals surface area contributed by atoms with E-state index < -0.39 is 0 Å². The van der Waals surface area contributed by atoms with Crippen molar-refractivity contribution in [2.24, 2.45) is 0 Å². The van der Waals surface area contributed by atoms with E-state index in [1.54, 1.807) is 0 Å². The second-order valence-corrected chi connectivity index (χ2v) is 4.29. The molecule has 2 heteroatoms. The van der Waals surface area contributed by atoms with Gasteiger partial charge in [0.15, 0.2) is 5.78 Å². The first kappa shape index (κ1) is 11.4. The van der Waals surface area contributed by atoms with E-state index in [2.05, 4.69) is 22.9 Å². The van der Waals surface area contributed by atoms with Gasteiger partial charge in [-0.25, -0.2) is 0 Å². The second kappa shape index (κ2) is 5.30. The predicted molar refractivity (Wildman–Crippen MR) is 62.7 cm³/mol. The van der Waals surface area contributed by atoms with Gasteiger partial charge >= 0.3 is 0 Å². The summed E-state index contributed by atoms with van der Waals surface area (Å²) in [5, 5.41) is 0. The Morgan fingerprint density at radius 2 is 2.14 bits per heavy atom. The van der Waals surface area contributed by atoms with Crippen LogP contribution in [0.4, 0.5) is 0 Å². The molecular weight excluding hydrogens is 240 g/mol. The molecule has 0 aliphatic heterocycles. The minimum Gasteiger partial charge on any atom is -0.294 e. The van der Waals surface area contributed by atoms with E-state index in [1.165, 1.54) is 0 Å². The van der Waals surface area contributed by atoms with E-state index in [0.717, 1.165) is 28.4 Å². The normalized spacial score (nSPS) is 10.2. The maximum absolute atomic E-state index is 11.8. The van der Waals surface area contributed by atoms with Crippen LogP contribution in [-0.2, 0) is 0 Å². The number of hydrogen-bond donors (Lipinski definition) is 0. The van der Waals surface area contributed by atoms with Crippen LogP contribution in [-0.4, -0.2) is 5.78 Å². The summed E-state index contributed by atoms with van der Waals surface area (Å²) < 4.78 is 1.01. The van der Waals surface area contributed by atoms with Gasteiger partial charge in [0.25, 0.3) is 0 Å². The third kappa shape index (κ3) is 2.68. The van der Waals surface area contributed by atoms with E-state index in [0.29, 0.717) is 6.42 Å². The fraction of sp³-hybridized carbons (Fsp3) is 0.417. The number of halogens is 1. The molecule has 0 aromatic heterocycles. The molecule has 0 aliphatic rings. The Hall–Kier alpha value is -0.630. The largest absolute Gasteiger partial charge is 0.294 e. The first-order chi connectivity index (χ1) is 6.66. The number of Topliss-reactive ketones (excluding diaryl/α,β-unsaturated/α-hetero) is 1. The van der Waals surface area contributed by atoms with Gasteiger partial charge in [0, 0.05) is 16.5 Å². The summed E-state index contributed by atoms with van der Waals surface area (Å²) in [6, 6.07) is 5.78. The van der Waals surface area contributed by atoms with Crippen molar-refractivity contribution in [3.05, 3.63) is 33.8 Å². The third-order valence-electron chi connectivity index (χ3n) is 2.33. The lowest BCUT2D eigenvalue weighted by molar-refractivity contribution is 0.0979. The van der Waals surface area contributed by atoms with Crippen molar-refractivity contribution >= 4 is 21.7 Å². The van der Waals surface area contributed by atoms with Crippen molar-refractivity contribution in [2.75, 3.05) is 0 Å². The molecule has 1 aromatic rings. The maximum atomic E-state index is 11.8. The van der Waals surface area contributed by atoms with Gasteiger partial charge in [-0.2, -0.15) is 0 Å². The Bertz CT molecular complexity index is 331. The van der Waals surface area contributed by atoms with Crippen LogP contribution in [0, 0.1) is 6.92 Å². The average molecular weight is 255 g/mol. The van der Waals surface area contributed by atoms with Crippen molar-refractivity contribution < 1.29 is 4.79 Å². The summed E-state index contributed by atoms with van der Waals surface area (Å²) in [6.07, 6.45) is 2.71. The zero-order chi connectivity index (χ0) is 10.6. The van der Waals surface area contributed by atoms with Gasteiger partial charge in [-0.3, -0.25) is 4.79 Å². The lowest BCUT2D eigenvalue weighted by Crippen LogP contribution is -2.01. The molecule has 0 N–H and O–H groups in total. The number of ketones is 1. The molecular formula is C12H15BrO. The molecule has 0 bridgehead atoms. The number of rotatable bonds is 4. The highest BCUT2D eigenvalue weighted by molar-refractivity contribution is 9.10. The number of carbonyl (C=O) groups excluding carboxylic acids is 1. The van der Waals surface area contributed by atoms with Crippen LogP contribution in [0.25, 0.3) is 0 Å². The van der Waals surface area contributed by atoms with Crippen LogP contribution in [0.15, 0.2) is 22.7 Å². The minimum atomic E-state index is 0.255. The van der Waals surface area contributed by atoms with Gasteiger partial charge < -0.3 is 0 Å². The summed E-state index contributed by atoms with van der Waals surface area (Å²) in [5.41, 5.74) is 1.90. The Morgan fingerprint density at radius 3 is 2.79 bits per heavy atom. The molecule has 0 saturated heterocycles. The van der Waals surface area contributed by atoms with E-state index >= 15 is 0 Å². The number of hydrogen-bond acceptors (Lipinski definition) is 1. The highest BCUT2D eigenvalue weighted by atomic mass is 79.9. The highest BCUT2D eigenvalue weighted by Gasteiger charge is 2.09. The molecule has 14 heavy (non-hydrogen) atoms. The summed E-state index contributed by atoms with van der Waals surface area (Å²) in [6.45, 7) is 4.07. The highest BCUT2D eigenvalue weighted by Crippen LogP contribution is 2.21. The molecule has 0 atom stereocenters. The van der Waals surface area contributed by atoms with Crippen LogP contribution >= 0.6 is 15.9 Å². The molecule has 0 aliphatic carbocycles. The van der Waals surface area contributed by atoms with Crippen LogP contribution in [0.3, 0.4) is 0 Å². The Labute approximate surface area is 93.7 Å². The molecule has 1 aromatic carbocycles. The van der Waals surface area contributed by atoms with Crippen molar-refractivity contribution in [1.82, 2.24) is 0 Å². The predicted octanol–water partition coefficient (Wildman–Crippen LogP) is 4.13. The SMILES string of the molecule is CCCCC(=O)c1cccc(Br)c1C. The molecule has 1 nitrogen and oxygen atoms in total. The van der Waals surface area contributed by atoms with Crippen molar-refractivity contribution in [3.63, 3.8) is 0 Å². The smallest absolute Gasteiger partial charge is 0.163 e. The van der Waals surface area contributed by atoms with E-state index in [9.17, 15) is 4.79 Å². The van der Waals surface area contributed by atoms with Crippen LogP contribution in [0.1, 0.15) is 42.1 Å². The molecule has 0 amide bonds. The fourth-order valence-electron chi connectivity index (χ4n) is 1.38. The van der Waals surface area contributed by atoms with Crippen molar-refractivity contribution in [3.8, 4) is 0 Å². The number of benzene rings is 1. The molecule has 0 heterocycles. The molecule has 1 rings (SSSR count). The number of carbonyl (C=O) groups is 1. The zero-order valence-electron chi connectivity index (χ0n) is 8.64. The van der Waals surface area contributed by atoms with Crippen LogP contribution in [0.5, 0.6) is 0 Å². The average Bonchev–Trinajstić information content (AvgIpc) is 2.18. The number of unbranched alkanes of at least 4 members (excludes halogenated alkanes) is 1. The molecule has 0 unspecified atom stereocenters. The summed E-state index contributed by atoms with van der Waals surface area (Å²) in [4.78, 5) is 11.8. The van der Waals surface area contributed by atoms with Gasteiger partial charge in [-0.05, 0) is 25.0 Å². The zero-order valence-corrected chi connectivity index (χ0v) is 10.2. The van der Waals surface area contributed by atoms with Gasteiger partial charge in [0.1, 0.15) is 0 Å². The van der Waals surface area contributed by atoms with E-state index in [-0.39, 0.29) is 5.78 Å². The topological polar surface area (TPSA) is 17.1 Å². The lowest BCUT2D eigenvalue weighted by atomic mass is 10.0. The molecule has 0 radical (unpaired) electrons. The van der Waals surface area contributed by atoms with E-state index in [1.807, 2.05) is 25.1 Å². The monoisotopic (exact) mass is 254 g/mol. The van der Waals surface area contributed by atoms with Gasteiger partial charge in [-0.15, -0.1) is 0 Å². The fourth-order valence-corrected chi connectivity index (χ4v) is 1.75. The summed E-state index contributed by atoms with van der Waals surface area (Å²) in [7, 11) is 0. The summed E-state index contributed by atoms with van der Waals surface area (Å²) in [5.74, 6) is 0.255. The van der Waals surface area contributed by atoms with Crippen LogP contribution in [0.2, 0.25) is 0 Å². The molecule has 0 saturated carbocycles. The maximum Gasteiger partial charge on any atom is 0.163 e. The first-order valence-electron chi connectivity index (χ1n) is 4.95. The van der Waals surface area contributed by atoms with Gasteiger partial charge in [0.05, 0.1) is 0 Å². The van der Waals surface area contributed by atoms with Gasteiger partial charge in [-0.1, -0.05) is 41.4 Å². The standard InChI is InChI=1S/C12H15BrO/c1-3-4-8-12(14)10-6-5-7-11(13)9(10)2/h5-7H,3-4,8H2,1-2H3. The summed E-state index contributed by atoms with van der Waals surface area (Å²) >= 11 is 3.43. The lowest BCUT2D eigenvalue weighted by Gasteiger charge is -2.05. The Morgan fingerprint density at radius 1 is 1.43 bits per heavy atom. The third-order valence-corrected chi connectivity index (χ3v) is 3.18. The minimum absolute atomic E-state index is 0.255.